The summed E-state index contributed by atoms with van der Waals surface area (Å²) in [5.74, 6) is 1.19. The predicted molar refractivity (Wildman–Crippen MR) is 77.5 cm³/mol. The standard InChI is InChI=1S/C15H20N2O4/c1-20-12-5-3-4-11(15(12)21-2)6-7-14(19)17-9-8-16-13(18)10-17/h3-5H,6-10H2,1-2H3,(H,16,18). The van der Waals surface area contributed by atoms with E-state index in [0.717, 1.165) is 5.56 Å². The molecule has 6 heteroatoms. The summed E-state index contributed by atoms with van der Waals surface area (Å²) in [6.07, 6.45) is 0.897. The Labute approximate surface area is 124 Å². The van der Waals surface area contributed by atoms with Crippen LogP contribution in [0.15, 0.2) is 18.2 Å². The van der Waals surface area contributed by atoms with E-state index >= 15 is 0 Å². The SMILES string of the molecule is COc1cccc(CCC(=O)N2CCNC(=O)C2)c1OC. The molecule has 0 saturated carbocycles. The van der Waals surface area contributed by atoms with E-state index < -0.39 is 0 Å². The highest BCUT2D eigenvalue weighted by Gasteiger charge is 2.21. The molecule has 0 aliphatic carbocycles. The average molecular weight is 292 g/mol. The van der Waals surface area contributed by atoms with Crippen molar-refractivity contribution in [2.75, 3.05) is 33.9 Å². The van der Waals surface area contributed by atoms with Gasteiger partial charge in [0.25, 0.3) is 0 Å². The molecule has 0 atom stereocenters. The Morgan fingerprint density at radius 2 is 2.14 bits per heavy atom. The first kappa shape index (κ1) is 15.2. The summed E-state index contributed by atoms with van der Waals surface area (Å²) in [5.41, 5.74) is 0.923. The Morgan fingerprint density at radius 3 is 2.81 bits per heavy atom. The smallest absolute Gasteiger partial charge is 0.239 e. The number of nitrogens with one attached hydrogen (secondary N) is 1. The van der Waals surface area contributed by atoms with Crippen LogP contribution in [0.1, 0.15) is 12.0 Å². The largest absolute Gasteiger partial charge is 0.493 e. The highest BCUT2D eigenvalue weighted by molar-refractivity contribution is 5.86. The molecule has 0 bridgehead atoms. The van der Waals surface area contributed by atoms with Gasteiger partial charge in [0.05, 0.1) is 20.8 Å². The van der Waals surface area contributed by atoms with Crippen molar-refractivity contribution in [1.82, 2.24) is 10.2 Å². The lowest BCUT2D eigenvalue weighted by atomic mass is 10.1. The van der Waals surface area contributed by atoms with Crippen LogP contribution < -0.4 is 14.8 Å². The fourth-order valence-electron chi connectivity index (χ4n) is 2.40. The van der Waals surface area contributed by atoms with Crippen LogP contribution in [0.4, 0.5) is 0 Å². The molecule has 1 aromatic carbocycles. The third-order valence-corrected chi connectivity index (χ3v) is 3.48. The number of benzene rings is 1. The molecule has 21 heavy (non-hydrogen) atoms. The number of amides is 2. The number of hydrogen-bond acceptors (Lipinski definition) is 4. The Bertz CT molecular complexity index is 530. The predicted octanol–water partition coefficient (Wildman–Crippen LogP) is 0.595. The minimum atomic E-state index is -0.103. The number of carbonyl (C=O) groups excluding carboxylic acids is 2. The lowest BCUT2D eigenvalue weighted by Crippen LogP contribution is -2.50. The van der Waals surface area contributed by atoms with Crippen LogP contribution in [0.25, 0.3) is 0 Å². The van der Waals surface area contributed by atoms with Crippen molar-refractivity contribution in [3.05, 3.63) is 23.8 Å². The summed E-state index contributed by atoms with van der Waals surface area (Å²) in [5, 5.41) is 2.70. The lowest BCUT2D eigenvalue weighted by Gasteiger charge is -2.26. The first-order valence-electron chi connectivity index (χ1n) is 6.90. The minimum Gasteiger partial charge on any atom is -0.493 e. The first-order chi connectivity index (χ1) is 10.2. The molecule has 0 spiro atoms. The molecule has 114 valence electrons. The minimum absolute atomic E-state index is 0.0188. The molecule has 1 heterocycles. The number of aryl methyl sites for hydroxylation is 1. The molecule has 1 fully saturated rings. The number of nitrogens with zero attached hydrogens (tertiary/aromatic N) is 1. The van der Waals surface area contributed by atoms with E-state index in [2.05, 4.69) is 5.32 Å². The van der Waals surface area contributed by atoms with Crippen LogP contribution in [-0.2, 0) is 16.0 Å². The molecule has 2 amide bonds. The zero-order valence-electron chi connectivity index (χ0n) is 12.3. The van der Waals surface area contributed by atoms with E-state index in [4.69, 9.17) is 9.47 Å². The topological polar surface area (TPSA) is 67.9 Å². The van der Waals surface area contributed by atoms with Crippen LogP contribution in [0.2, 0.25) is 0 Å². The van der Waals surface area contributed by atoms with Gasteiger partial charge in [-0.05, 0) is 18.1 Å². The second-order valence-electron chi connectivity index (χ2n) is 4.82. The van der Waals surface area contributed by atoms with Gasteiger partial charge in [0, 0.05) is 19.5 Å². The van der Waals surface area contributed by atoms with Crippen LogP contribution >= 0.6 is 0 Å². The summed E-state index contributed by atoms with van der Waals surface area (Å²) >= 11 is 0. The molecular formula is C15H20N2O4. The number of rotatable bonds is 5. The Morgan fingerprint density at radius 1 is 1.33 bits per heavy atom. The van der Waals surface area contributed by atoms with Gasteiger partial charge in [-0.1, -0.05) is 12.1 Å². The van der Waals surface area contributed by atoms with Crippen molar-refractivity contribution in [3.63, 3.8) is 0 Å². The van der Waals surface area contributed by atoms with E-state index in [1.54, 1.807) is 19.1 Å². The van der Waals surface area contributed by atoms with Crippen molar-refractivity contribution in [2.24, 2.45) is 0 Å². The molecule has 1 N–H and O–H groups in total. The van der Waals surface area contributed by atoms with Gasteiger partial charge in [0.1, 0.15) is 0 Å². The van der Waals surface area contributed by atoms with Gasteiger partial charge in [-0.2, -0.15) is 0 Å². The monoisotopic (exact) mass is 292 g/mol. The Balaban J connectivity index is 1.99. The number of hydrogen-bond donors (Lipinski definition) is 1. The highest BCUT2D eigenvalue weighted by Crippen LogP contribution is 2.31. The van der Waals surface area contributed by atoms with E-state index in [9.17, 15) is 9.59 Å². The molecular weight excluding hydrogens is 272 g/mol. The van der Waals surface area contributed by atoms with Gasteiger partial charge in [0.15, 0.2) is 11.5 Å². The highest BCUT2D eigenvalue weighted by atomic mass is 16.5. The average Bonchev–Trinajstić information content (AvgIpc) is 2.51. The molecule has 0 radical (unpaired) electrons. The number of para-hydroxylation sites is 1. The van der Waals surface area contributed by atoms with Crippen LogP contribution in [0, 0.1) is 0 Å². The molecule has 1 aliphatic rings. The molecule has 1 saturated heterocycles. The third kappa shape index (κ3) is 3.65. The quantitative estimate of drug-likeness (QED) is 0.862. The molecule has 1 aromatic rings. The van der Waals surface area contributed by atoms with Gasteiger partial charge >= 0.3 is 0 Å². The molecule has 0 unspecified atom stereocenters. The number of ether oxygens (including phenoxy) is 2. The third-order valence-electron chi connectivity index (χ3n) is 3.48. The Hall–Kier alpha value is -2.24. The molecule has 0 aromatic heterocycles. The molecule has 2 rings (SSSR count). The maximum absolute atomic E-state index is 12.1. The van der Waals surface area contributed by atoms with Gasteiger partial charge < -0.3 is 19.7 Å². The molecule has 6 nitrogen and oxygen atoms in total. The first-order valence-corrected chi connectivity index (χ1v) is 6.90. The second kappa shape index (κ2) is 6.97. The van der Waals surface area contributed by atoms with Gasteiger partial charge in [-0.3, -0.25) is 9.59 Å². The van der Waals surface area contributed by atoms with Gasteiger partial charge in [-0.15, -0.1) is 0 Å². The fourth-order valence-corrected chi connectivity index (χ4v) is 2.40. The van der Waals surface area contributed by atoms with Crippen molar-refractivity contribution >= 4 is 11.8 Å². The maximum Gasteiger partial charge on any atom is 0.239 e. The summed E-state index contributed by atoms with van der Waals surface area (Å²) in [6, 6.07) is 5.60. The Kier molecular flexibility index (Phi) is 5.03. The zero-order chi connectivity index (χ0) is 15.2. The number of carbonyl (C=O) groups is 2. The zero-order valence-corrected chi connectivity index (χ0v) is 12.3. The number of piperazine rings is 1. The number of methoxy groups -OCH3 is 2. The van der Waals surface area contributed by atoms with Crippen LogP contribution in [0.5, 0.6) is 11.5 Å². The fraction of sp³-hybridized carbons (Fsp3) is 0.467. The van der Waals surface area contributed by atoms with E-state index in [-0.39, 0.29) is 18.4 Å². The summed E-state index contributed by atoms with van der Waals surface area (Å²) in [6.45, 7) is 1.24. The van der Waals surface area contributed by atoms with E-state index in [1.165, 1.54) is 0 Å². The van der Waals surface area contributed by atoms with Crippen molar-refractivity contribution in [1.29, 1.82) is 0 Å². The van der Waals surface area contributed by atoms with Crippen molar-refractivity contribution in [2.45, 2.75) is 12.8 Å². The summed E-state index contributed by atoms with van der Waals surface area (Å²) < 4.78 is 10.6. The molecule has 1 aliphatic heterocycles. The normalized spacial score (nSPS) is 14.6. The maximum atomic E-state index is 12.1. The lowest BCUT2D eigenvalue weighted by molar-refractivity contribution is -0.138. The summed E-state index contributed by atoms with van der Waals surface area (Å²) in [4.78, 5) is 25.0. The van der Waals surface area contributed by atoms with Crippen molar-refractivity contribution < 1.29 is 19.1 Å². The van der Waals surface area contributed by atoms with E-state index in [1.807, 2.05) is 18.2 Å². The van der Waals surface area contributed by atoms with E-state index in [0.29, 0.717) is 37.4 Å². The van der Waals surface area contributed by atoms with Crippen LogP contribution in [0.3, 0.4) is 0 Å². The second-order valence-corrected chi connectivity index (χ2v) is 4.82. The summed E-state index contributed by atoms with van der Waals surface area (Å²) in [7, 11) is 3.16. The van der Waals surface area contributed by atoms with Crippen LogP contribution in [-0.4, -0.2) is 50.6 Å². The van der Waals surface area contributed by atoms with Gasteiger partial charge in [0.2, 0.25) is 11.8 Å². The van der Waals surface area contributed by atoms with Gasteiger partial charge in [-0.25, -0.2) is 0 Å². The van der Waals surface area contributed by atoms with Crippen molar-refractivity contribution in [3.8, 4) is 11.5 Å².